The van der Waals surface area contributed by atoms with Crippen molar-refractivity contribution in [3.05, 3.63) is 65.7 Å². The Kier molecular flexibility index (Phi) is 5.99. The van der Waals surface area contributed by atoms with E-state index in [4.69, 9.17) is 10.5 Å². The Morgan fingerprint density at radius 2 is 1.71 bits per heavy atom. The van der Waals surface area contributed by atoms with Crippen LogP contribution in [0.1, 0.15) is 25.0 Å². The van der Waals surface area contributed by atoms with Gasteiger partial charge in [0.2, 0.25) is 5.91 Å². The molecule has 2 rings (SSSR count). The third-order valence-electron chi connectivity index (χ3n) is 4.24. The molecule has 0 saturated heterocycles. The maximum absolute atomic E-state index is 13.2. The van der Waals surface area contributed by atoms with Crippen molar-refractivity contribution in [3.63, 3.8) is 0 Å². The van der Waals surface area contributed by atoms with Crippen LogP contribution < -0.4 is 5.73 Å². The zero-order valence-corrected chi connectivity index (χ0v) is 14.7. The molecule has 2 aromatic carbocycles. The number of rotatable bonds is 7. The third kappa shape index (κ3) is 4.36. The fourth-order valence-electron chi connectivity index (χ4n) is 2.68. The molecule has 0 atom stereocenters. The summed E-state index contributed by atoms with van der Waals surface area (Å²) < 4.78 is 5.18. The van der Waals surface area contributed by atoms with E-state index in [1.165, 1.54) is 0 Å². The minimum atomic E-state index is -0.629. The molecule has 0 heterocycles. The lowest BCUT2D eigenvalue weighted by Gasteiger charge is -2.32. The van der Waals surface area contributed by atoms with Crippen LogP contribution in [0.5, 0.6) is 0 Å². The Morgan fingerprint density at radius 1 is 1.08 bits per heavy atom. The Bertz CT molecular complexity index is 651. The first-order chi connectivity index (χ1) is 11.4. The van der Waals surface area contributed by atoms with Crippen molar-refractivity contribution in [1.29, 1.82) is 0 Å². The van der Waals surface area contributed by atoms with E-state index in [0.717, 1.165) is 11.1 Å². The molecule has 0 unspecified atom stereocenters. The van der Waals surface area contributed by atoms with Gasteiger partial charge in [0.1, 0.15) is 0 Å². The molecule has 4 nitrogen and oxygen atoms in total. The number of hydrogen-bond acceptors (Lipinski definition) is 3. The lowest BCUT2D eigenvalue weighted by molar-refractivity contribution is -0.137. The molecule has 0 aliphatic carbocycles. The number of benzene rings is 2. The van der Waals surface area contributed by atoms with Crippen LogP contribution >= 0.6 is 0 Å². The van der Waals surface area contributed by atoms with Gasteiger partial charge in [-0.3, -0.25) is 4.79 Å². The molecule has 0 bridgehead atoms. The summed E-state index contributed by atoms with van der Waals surface area (Å²) in [5.74, 6) is 0.0770. The van der Waals surface area contributed by atoms with Gasteiger partial charge in [-0.1, -0.05) is 42.5 Å². The second-order valence-corrected chi connectivity index (χ2v) is 6.45. The first-order valence-electron chi connectivity index (χ1n) is 8.13. The van der Waals surface area contributed by atoms with Crippen molar-refractivity contribution in [2.24, 2.45) is 0 Å². The topological polar surface area (TPSA) is 55.6 Å². The maximum Gasteiger partial charge on any atom is 0.233 e. The zero-order chi connectivity index (χ0) is 17.6. The highest BCUT2D eigenvalue weighted by molar-refractivity contribution is 5.87. The van der Waals surface area contributed by atoms with E-state index < -0.39 is 5.41 Å². The number of amides is 1. The smallest absolute Gasteiger partial charge is 0.233 e. The first kappa shape index (κ1) is 18.0. The van der Waals surface area contributed by atoms with Gasteiger partial charge in [0.25, 0.3) is 0 Å². The Labute approximate surface area is 144 Å². The molecule has 2 N–H and O–H groups in total. The quantitative estimate of drug-likeness (QED) is 0.795. The van der Waals surface area contributed by atoms with E-state index >= 15 is 0 Å². The predicted molar refractivity (Wildman–Crippen MR) is 97.6 cm³/mol. The monoisotopic (exact) mass is 326 g/mol. The molecule has 4 heteroatoms. The van der Waals surface area contributed by atoms with Gasteiger partial charge in [0.15, 0.2) is 0 Å². The van der Waals surface area contributed by atoms with E-state index in [9.17, 15) is 4.79 Å². The summed E-state index contributed by atoms with van der Waals surface area (Å²) in [6.45, 7) is 5.54. The SMILES string of the molecule is COCCN(Cc1ccccc1)C(=O)C(C)(C)c1ccc(N)cc1. The van der Waals surface area contributed by atoms with Gasteiger partial charge >= 0.3 is 0 Å². The van der Waals surface area contributed by atoms with Crippen LogP contribution in [0.2, 0.25) is 0 Å². The number of ether oxygens (including phenoxy) is 1. The van der Waals surface area contributed by atoms with Gasteiger partial charge in [0.05, 0.1) is 12.0 Å². The minimum Gasteiger partial charge on any atom is -0.399 e. The molecule has 0 aromatic heterocycles. The number of carbonyl (C=O) groups is 1. The van der Waals surface area contributed by atoms with Crippen molar-refractivity contribution in [2.45, 2.75) is 25.8 Å². The Hall–Kier alpha value is -2.33. The van der Waals surface area contributed by atoms with Crippen LogP contribution in [0, 0.1) is 0 Å². The molecule has 2 aromatic rings. The van der Waals surface area contributed by atoms with E-state index in [1.54, 1.807) is 7.11 Å². The second-order valence-electron chi connectivity index (χ2n) is 6.45. The summed E-state index contributed by atoms with van der Waals surface area (Å²) in [6, 6.07) is 17.5. The van der Waals surface area contributed by atoms with Crippen molar-refractivity contribution in [2.75, 3.05) is 26.0 Å². The normalized spacial score (nSPS) is 11.3. The van der Waals surface area contributed by atoms with Crippen LogP contribution in [-0.4, -0.2) is 31.1 Å². The standard InChI is InChI=1S/C20H26N2O2/c1-20(2,17-9-11-18(21)12-10-17)19(23)22(13-14-24-3)15-16-7-5-4-6-8-16/h4-12H,13-15,21H2,1-3H3. The molecule has 0 fully saturated rings. The van der Waals surface area contributed by atoms with Crippen LogP contribution in [0.4, 0.5) is 5.69 Å². The molecule has 128 valence electrons. The molecular weight excluding hydrogens is 300 g/mol. The van der Waals surface area contributed by atoms with Crippen LogP contribution in [0.3, 0.4) is 0 Å². The number of hydrogen-bond donors (Lipinski definition) is 1. The average molecular weight is 326 g/mol. The van der Waals surface area contributed by atoms with E-state index in [1.807, 2.05) is 73.3 Å². The molecule has 24 heavy (non-hydrogen) atoms. The van der Waals surface area contributed by atoms with E-state index in [2.05, 4.69) is 0 Å². The van der Waals surface area contributed by atoms with Crippen LogP contribution in [-0.2, 0) is 21.5 Å². The molecule has 0 saturated carbocycles. The maximum atomic E-state index is 13.2. The summed E-state index contributed by atoms with van der Waals surface area (Å²) in [5.41, 5.74) is 7.89. The second kappa shape index (κ2) is 7.97. The van der Waals surface area contributed by atoms with Crippen LogP contribution in [0.15, 0.2) is 54.6 Å². The predicted octanol–water partition coefficient (Wildman–Crippen LogP) is 3.22. The molecule has 1 amide bonds. The van der Waals surface area contributed by atoms with Gasteiger partial charge in [-0.05, 0) is 37.1 Å². The summed E-state index contributed by atoms with van der Waals surface area (Å²) in [6.07, 6.45) is 0. The fraction of sp³-hybridized carbons (Fsp3) is 0.350. The number of nitrogen functional groups attached to an aromatic ring is 1. The lowest BCUT2D eigenvalue weighted by Crippen LogP contribution is -2.44. The number of carbonyl (C=O) groups excluding carboxylic acids is 1. The number of nitrogens with zero attached hydrogens (tertiary/aromatic N) is 1. The summed E-state index contributed by atoms with van der Waals surface area (Å²) in [4.78, 5) is 15.1. The number of methoxy groups -OCH3 is 1. The average Bonchev–Trinajstić information content (AvgIpc) is 2.59. The van der Waals surface area contributed by atoms with Gasteiger partial charge in [-0.15, -0.1) is 0 Å². The highest BCUT2D eigenvalue weighted by Crippen LogP contribution is 2.27. The summed E-state index contributed by atoms with van der Waals surface area (Å²) in [7, 11) is 1.65. The van der Waals surface area contributed by atoms with Gasteiger partial charge < -0.3 is 15.4 Å². The summed E-state index contributed by atoms with van der Waals surface area (Å²) >= 11 is 0. The Morgan fingerprint density at radius 3 is 2.29 bits per heavy atom. The lowest BCUT2D eigenvalue weighted by atomic mass is 9.83. The first-order valence-corrected chi connectivity index (χ1v) is 8.13. The Balaban J connectivity index is 2.23. The minimum absolute atomic E-state index is 0.0770. The van der Waals surface area contributed by atoms with E-state index in [-0.39, 0.29) is 5.91 Å². The zero-order valence-electron chi connectivity index (χ0n) is 14.7. The van der Waals surface area contributed by atoms with Crippen molar-refractivity contribution >= 4 is 11.6 Å². The third-order valence-corrected chi connectivity index (χ3v) is 4.24. The summed E-state index contributed by atoms with van der Waals surface area (Å²) in [5, 5.41) is 0. The fourth-order valence-corrected chi connectivity index (χ4v) is 2.68. The number of nitrogens with two attached hydrogens (primary N) is 1. The molecule has 0 radical (unpaired) electrons. The highest BCUT2D eigenvalue weighted by atomic mass is 16.5. The molecule has 0 aliphatic rings. The van der Waals surface area contributed by atoms with Crippen molar-refractivity contribution in [3.8, 4) is 0 Å². The van der Waals surface area contributed by atoms with E-state index in [0.29, 0.717) is 25.4 Å². The molecule has 0 spiro atoms. The van der Waals surface area contributed by atoms with Gasteiger partial charge in [0, 0.05) is 25.9 Å². The molecule has 0 aliphatic heterocycles. The highest BCUT2D eigenvalue weighted by Gasteiger charge is 2.33. The van der Waals surface area contributed by atoms with Crippen LogP contribution in [0.25, 0.3) is 0 Å². The molecular formula is C20H26N2O2. The van der Waals surface area contributed by atoms with Gasteiger partial charge in [-0.25, -0.2) is 0 Å². The number of anilines is 1. The van der Waals surface area contributed by atoms with Crippen molar-refractivity contribution in [1.82, 2.24) is 4.90 Å². The van der Waals surface area contributed by atoms with Crippen molar-refractivity contribution < 1.29 is 9.53 Å². The largest absolute Gasteiger partial charge is 0.399 e. The van der Waals surface area contributed by atoms with Gasteiger partial charge in [-0.2, -0.15) is 0 Å².